The van der Waals surface area contributed by atoms with Crippen molar-refractivity contribution in [1.82, 2.24) is 15.5 Å². The van der Waals surface area contributed by atoms with Crippen LogP contribution in [0.3, 0.4) is 0 Å². The second kappa shape index (κ2) is 12.2. The first kappa shape index (κ1) is 22.8. The van der Waals surface area contributed by atoms with Gasteiger partial charge in [0.1, 0.15) is 12.4 Å². The number of morpholine rings is 1. The Morgan fingerprint density at radius 1 is 1.29 bits per heavy atom. The Morgan fingerprint density at radius 2 is 2.07 bits per heavy atom. The van der Waals surface area contributed by atoms with Crippen LogP contribution in [0.15, 0.2) is 29.3 Å². The Hall–Kier alpha value is -1.44. The second-order valence-corrected chi connectivity index (χ2v) is 8.98. The van der Waals surface area contributed by atoms with Gasteiger partial charge in [-0.05, 0) is 44.7 Å². The van der Waals surface area contributed by atoms with E-state index in [-0.39, 0.29) is 4.75 Å². The van der Waals surface area contributed by atoms with Crippen LogP contribution in [0.4, 0.5) is 0 Å². The summed E-state index contributed by atoms with van der Waals surface area (Å²) in [7, 11) is 0. The maximum absolute atomic E-state index is 5.95. The van der Waals surface area contributed by atoms with Crippen LogP contribution in [0.5, 0.6) is 5.75 Å². The third-order valence-electron chi connectivity index (χ3n) is 4.68. The first-order valence-corrected chi connectivity index (χ1v) is 11.3. The van der Waals surface area contributed by atoms with Gasteiger partial charge in [0.15, 0.2) is 5.96 Å². The lowest BCUT2D eigenvalue weighted by Gasteiger charge is -2.26. The maximum atomic E-state index is 5.95. The smallest absolute Gasteiger partial charge is 0.191 e. The van der Waals surface area contributed by atoms with Crippen LogP contribution in [0, 0.1) is 0 Å². The fourth-order valence-electron chi connectivity index (χ4n) is 2.73. The van der Waals surface area contributed by atoms with Crippen LogP contribution >= 0.6 is 11.8 Å². The molecule has 1 fully saturated rings. The fourth-order valence-corrected chi connectivity index (χ4v) is 2.95. The topological polar surface area (TPSA) is 58.1 Å². The average Bonchev–Trinajstić information content (AvgIpc) is 2.71. The summed E-state index contributed by atoms with van der Waals surface area (Å²) >= 11 is 1.85. The Balaban J connectivity index is 1.84. The molecule has 1 saturated heterocycles. The number of aliphatic imine (C=N–C) groups is 1. The summed E-state index contributed by atoms with van der Waals surface area (Å²) in [6.45, 7) is 14.1. The first-order chi connectivity index (χ1) is 13.5. The van der Waals surface area contributed by atoms with Crippen LogP contribution in [-0.2, 0) is 11.3 Å². The SMILES string of the molecule is CCNC(=NCc1cccc(OCCN2CCOCC2)c1)NCC(C)(C)SC. The Labute approximate surface area is 174 Å². The van der Waals surface area contributed by atoms with Crippen molar-refractivity contribution in [3.63, 3.8) is 0 Å². The number of hydrogen-bond acceptors (Lipinski definition) is 5. The van der Waals surface area contributed by atoms with E-state index in [1.54, 1.807) is 0 Å². The summed E-state index contributed by atoms with van der Waals surface area (Å²) in [5, 5.41) is 6.76. The molecule has 2 rings (SSSR count). The number of hydrogen-bond donors (Lipinski definition) is 2. The zero-order valence-corrected chi connectivity index (χ0v) is 18.6. The van der Waals surface area contributed by atoms with Crippen molar-refractivity contribution < 1.29 is 9.47 Å². The standard InChI is InChI=1S/C21H36N4O2S/c1-5-22-20(24-17-21(2,3)28-4)23-16-18-7-6-8-19(15-18)27-14-11-25-9-12-26-13-10-25/h6-8,15H,5,9-14,16-17H2,1-4H3,(H2,22,23,24). The number of guanidine groups is 1. The van der Waals surface area contributed by atoms with Crippen LogP contribution in [-0.4, -0.2) is 74.4 Å². The molecule has 1 heterocycles. The van der Waals surface area contributed by atoms with Gasteiger partial charge in [-0.2, -0.15) is 11.8 Å². The third kappa shape index (κ3) is 8.71. The molecule has 6 nitrogen and oxygen atoms in total. The second-order valence-electron chi connectivity index (χ2n) is 7.46. The minimum atomic E-state index is 0.171. The van der Waals surface area contributed by atoms with Gasteiger partial charge in [-0.25, -0.2) is 4.99 Å². The monoisotopic (exact) mass is 408 g/mol. The summed E-state index contributed by atoms with van der Waals surface area (Å²) in [4.78, 5) is 7.10. The number of benzene rings is 1. The van der Waals surface area contributed by atoms with Gasteiger partial charge < -0.3 is 20.1 Å². The van der Waals surface area contributed by atoms with Crippen molar-refractivity contribution in [3.8, 4) is 5.75 Å². The molecule has 1 aromatic rings. The maximum Gasteiger partial charge on any atom is 0.191 e. The summed E-state index contributed by atoms with van der Waals surface area (Å²) in [5.74, 6) is 1.76. The summed E-state index contributed by atoms with van der Waals surface area (Å²) in [5.41, 5.74) is 1.14. The molecule has 0 bridgehead atoms. The van der Waals surface area contributed by atoms with E-state index in [1.165, 1.54) is 0 Å². The third-order valence-corrected chi connectivity index (χ3v) is 5.93. The van der Waals surface area contributed by atoms with E-state index in [4.69, 9.17) is 14.5 Å². The van der Waals surface area contributed by atoms with E-state index in [1.807, 2.05) is 23.9 Å². The molecule has 0 amide bonds. The summed E-state index contributed by atoms with van der Waals surface area (Å²) in [6.07, 6.45) is 2.14. The van der Waals surface area contributed by atoms with Crippen molar-refractivity contribution in [1.29, 1.82) is 0 Å². The summed E-state index contributed by atoms with van der Waals surface area (Å²) in [6, 6.07) is 8.22. The molecular weight excluding hydrogens is 372 g/mol. The molecule has 1 aliphatic heterocycles. The summed E-state index contributed by atoms with van der Waals surface area (Å²) < 4.78 is 11.5. The van der Waals surface area contributed by atoms with E-state index < -0.39 is 0 Å². The highest BCUT2D eigenvalue weighted by Crippen LogP contribution is 2.19. The zero-order chi connectivity index (χ0) is 20.2. The highest BCUT2D eigenvalue weighted by atomic mass is 32.2. The normalized spacial score (nSPS) is 16.1. The van der Waals surface area contributed by atoms with Crippen molar-refractivity contribution in [3.05, 3.63) is 29.8 Å². The van der Waals surface area contributed by atoms with Crippen molar-refractivity contribution in [2.45, 2.75) is 32.1 Å². The Bertz CT molecular complexity index is 604. The minimum Gasteiger partial charge on any atom is -0.492 e. The lowest BCUT2D eigenvalue weighted by molar-refractivity contribution is 0.0322. The van der Waals surface area contributed by atoms with Gasteiger partial charge in [0.2, 0.25) is 0 Å². The van der Waals surface area contributed by atoms with Crippen molar-refractivity contribution >= 4 is 17.7 Å². The highest BCUT2D eigenvalue weighted by molar-refractivity contribution is 7.99. The van der Waals surface area contributed by atoms with E-state index in [0.717, 1.165) is 63.2 Å². The fraction of sp³-hybridized carbons (Fsp3) is 0.667. The highest BCUT2D eigenvalue weighted by Gasteiger charge is 2.16. The molecule has 0 atom stereocenters. The molecule has 28 heavy (non-hydrogen) atoms. The number of nitrogens with one attached hydrogen (secondary N) is 2. The quantitative estimate of drug-likeness (QED) is 0.458. The van der Waals surface area contributed by atoms with Gasteiger partial charge in [-0.3, -0.25) is 4.90 Å². The molecular formula is C21H36N4O2S. The van der Waals surface area contributed by atoms with Crippen molar-refractivity contribution in [2.75, 3.05) is 58.8 Å². The number of rotatable bonds is 10. The van der Waals surface area contributed by atoms with E-state index in [9.17, 15) is 0 Å². The predicted molar refractivity (Wildman–Crippen MR) is 120 cm³/mol. The average molecular weight is 409 g/mol. The molecule has 0 radical (unpaired) electrons. The minimum absolute atomic E-state index is 0.171. The van der Waals surface area contributed by atoms with E-state index >= 15 is 0 Å². The molecule has 0 spiro atoms. The van der Waals surface area contributed by atoms with Crippen LogP contribution < -0.4 is 15.4 Å². The van der Waals surface area contributed by atoms with Gasteiger partial charge in [0.25, 0.3) is 0 Å². The number of nitrogens with zero attached hydrogens (tertiary/aromatic N) is 2. The lowest BCUT2D eigenvalue weighted by atomic mass is 10.2. The van der Waals surface area contributed by atoms with Gasteiger partial charge in [-0.15, -0.1) is 0 Å². The van der Waals surface area contributed by atoms with Crippen LogP contribution in [0.1, 0.15) is 26.3 Å². The Kier molecular flexibility index (Phi) is 9.95. The van der Waals surface area contributed by atoms with Crippen molar-refractivity contribution in [2.24, 2.45) is 4.99 Å². The van der Waals surface area contributed by atoms with Gasteiger partial charge >= 0.3 is 0 Å². The predicted octanol–water partition coefficient (Wildman–Crippen LogP) is 2.59. The zero-order valence-electron chi connectivity index (χ0n) is 17.8. The molecule has 7 heteroatoms. The number of ether oxygens (including phenoxy) is 2. The van der Waals surface area contributed by atoms with Gasteiger partial charge in [-0.1, -0.05) is 12.1 Å². The molecule has 2 N–H and O–H groups in total. The Morgan fingerprint density at radius 3 is 2.79 bits per heavy atom. The van der Waals surface area contributed by atoms with Gasteiger partial charge in [0, 0.05) is 37.5 Å². The first-order valence-electron chi connectivity index (χ1n) is 10.1. The van der Waals surface area contributed by atoms with Gasteiger partial charge in [0.05, 0.1) is 19.8 Å². The molecule has 158 valence electrons. The van der Waals surface area contributed by atoms with E-state index in [2.05, 4.69) is 54.7 Å². The van der Waals surface area contributed by atoms with Crippen LogP contribution in [0.2, 0.25) is 0 Å². The molecule has 0 unspecified atom stereocenters. The molecule has 0 saturated carbocycles. The largest absolute Gasteiger partial charge is 0.492 e. The molecule has 1 aliphatic rings. The van der Waals surface area contributed by atoms with E-state index in [0.29, 0.717) is 13.2 Å². The molecule has 0 aromatic heterocycles. The molecule has 0 aliphatic carbocycles. The number of thioether (sulfide) groups is 1. The lowest BCUT2D eigenvalue weighted by Crippen LogP contribution is -2.43. The molecule has 1 aromatic carbocycles. The van der Waals surface area contributed by atoms with Crippen LogP contribution in [0.25, 0.3) is 0 Å².